The van der Waals surface area contributed by atoms with E-state index in [4.69, 9.17) is 14.2 Å². The molecule has 4 rings (SSSR count). The molecule has 0 unspecified atom stereocenters. The van der Waals surface area contributed by atoms with E-state index >= 15 is 0 Å². The van der Waals surface area contributed by atoms with Crippen LogP contribution < -0.4 is 70.7 Å². The maximum Gasteiger partial charge on any atom is 1.00 e. The number of benzene rings is 4. The number of carboxylic acid groups (broad SMARTS) is 1. The van der Waals surface area contributed by atoms with Crippen molar-refractivity contribution < 1.29 is 75.5 Å². The van der Waals surface area contributed by atoms with Crippen LogP contribution >= 0.6 is 0 Å². The first kappa shape index (κ1) is 26.0. The van der Waals surface area contributed by atoms with Crippen molar-refractivity contribution in [3.8, 4) is 17.2 Å². The summed E-state index contributed by atoms with van der Waals surface area (Å²) < 4.78 is 18.1. The van der Waals surface area contributed by atoms with Crippen LogP contribution in [-0.4, -0.2) is 5.97 Å². The first-order valence-electron chi connectivity index (χ1n) is 10.6. The summed E-state index contributed by atoms with van der Waals surface area (Å²) in [5.41, 5.74) is 2.80. The fourth-order valence-electron chi connectivity index (χ4n) is 3.25. The number of rotatable bonds is 10. The van der Waals surface area contributed by atoms with Gasteiger partial charge in [0.2, 0.25) is 5.75 Å². The monoisotopic (exact) mass is 478 g/mol. The molecule has 0 bridgehead atoms. The Morgan fingerprint density at radius 3 is 1.29 bits per heavy atom. The van der Waals surface area contributed by atoms with E-state index in [0.717, 1.165) is 16.7 Å². The predicted molar refractivity (Wildman–Crippen MR) is 123 cm³/mol. The number of hydrogen-bond acceptors (Lipinski definition) is 5. The molecular weight excluding hydrogens is 455 g/mol. The molecule has 0 radical (unpaired) electrons. The van der Waals surface area contributed by atoms with E-state index in [1.165, 1.54) is 12.1 Å². The van der Waals surface area contributed by atoms with Crippen molar-refractivity contribution in [2.24, 2.45) is 0 Å². The molecule has 0 aliphatic rings. The van der Waals surface area contributed by atoms with Gasteiger partial charge in [0, 0.05) is 5.56 Å². The Morgan fingerprint density at radius 2 is 0.941 bits per heavy atom. The molecule has 0 amide bonds. The second-order valence-electron chi connectivity index (χ2n) is 7.41. The smallest absolute Gasteiger partial charge is 0.545 e. The SMILES string of the molecule is O=C([O-])c1cc(OCc2ccccc2)c(OCc2ccccc2)c(OCc2ccccc2)c1.[K+]. The van der Waals surface area contributed by atoms with Crippen molar-refractivity contribution in [2.45, 2.75) is 19.8 Å². The van der Waals surface area contributed by atoms with Crippen LogP contribution in [0, 0.1) is 0 Å². The third-order valence-electron chi connectivity index (χ3n) is 4.96. The molecule has 166 valence electrons. The van der Waals surface area contributed by atoms with Crippen LogP contribution in [0.15, 0.2) is 103 Å². The maximum atomic E-state index is 11.7. The number of ether oxygens (including phenoxy) is 3. The summed E-state index contributed by atoms with van der Waals surface area (Å²) in [7, 11) is 0. The summed E-state index contributed by atoms with van der Waals surface area (Å²) in [4.78, 5) is 11.7. The van der Waals surface area contributed by atoms with Crippen LogP contribution in [0.5, 0.6) is 17.2 Å². The molecule has 0 aromatic heterocycles. The van der Waals surface area contributed by atoms with Gasteiger partial charge in [-0.1, -0.05) is 91.0 Å². The van der Waals surface area contributed by atoms with Gasteiger partial charge >= 0.3 is 51.4 Å². The van der Waals surface area contributed by atoms with E-state index in [2.05, 4.69) is 0 Å². The molecule has 0 aliphatic carbocycles. The summed E-state index contributed by atoms with van der Waals surface area (Å²) >= 11 is 0. The zero-order chi connectivity index (χ0) is 22.9. The Labute approximate surface area is 241 Å². The molecule has 0 N–H and O–H groups in total. The normalized spacial score (nSPS) is 10.1. The van der Waals surface area contributed by atoms with Gasteiger partial charge in [0.05, 0.1) is 5.97 Å². The number of aromatic carboxylic acids is 1. The van der Waals surface area contributed by atoms with Crippen LogP contribution in [0.3, 0.4) is 0 Å². The van der Waals surface area contributed by atoms with E-state index in [-0.39, 0.29) is 88.3 Å². The first-order chi connectivity index (χ1) is 16.2. The molecule has 0 aliphatic heterocycles. The van der Waals surface area contributed by atoms with Crippen LogP contribution in [-0.2, 0) is 19.8 Å². The minimum atomic E-state index is -1.32. The van der Waals surface area contributed by atoms with Crippen molar-refractivity contribution >= 4 is 5.97 Å². The standard InChI is InChI=1S/C28H24O5.K/c29-28(30)24-16-25(31-18-21-10-4-1-5-11-21)27(33-20-23-14-8-3-9-15-23)26(17-24)32-19-22-12-6-2-7-13-22;/h1-17H,18-20H2,(H,29,30);/q;+1/p-1. The van der Waals surface area contributed by atoms with Gasteiger partial charge in [-0.3, -0.25) is 0 Å². The molecule has 34 heavy (non-hydrogen) atoms. The Hall–Kier alpha value is -2.61. The van der Waals surface area contributed by atoms with Gasteiger partial charge in [0.1, 0.15) is 19.8 Å². The number of hydrogen-bond donors (Lipinski definition) is 0. The van der Waals surface area contributed by atoms with Crippen LogP contribution in [0.4, 0.5) is 0 Å². The van der Waals surface area contributed by atoms with Gasteiger partial charge < -0.3 is 24.1 Å². The molecule has 6 heteroatoms. The summed E-state index contributed by atoms with van der Waals surface area (Å²) in [5.74, 6) is -0.423. The predicted octanol–water partition coefficient (Wildman–Crippen LogP) is 1.79. The molecule has 0 atom stereocenters. The first-order valence-corrected chi connectivity index (χ1v) is 10.6. The molecular formula is C28H23KO5. The quantitative estimate of drug-likeness (QED) is 0.325. The second-order valence-corrected chi connectivity index (χ2v) is 7.41. The van der Waals surface area contributed by atoms with Crippen LogP contribution in [0.2, 0.25) is 0 Å². The zero-order valence-electron chi connectivity index (χ0n) is 19.0. The Kier molecular flexibility index (Phi) is 10.2. The van der Waals surface area contributed by atoms with Gasteiger partial charge in [-0.15, -0.1) is 0 Å². The number of carbonyl (C=O) groups excluding carboxylic acids is 1. The second kappa shape index (κ2) is 13.3. The molecule has 4 aromatic carbocycles. The summed E-state index contributed by atoms with van der Waals surface area (Å²) in [6, 6.07) is 31.7. The average molecular weight is 479 g/mol. The van der Waals surface area contributed by atoms with E-state index < -0.39 is 5.97 Å². The van der Waals surface area contributed by atoms with Crippen molar-refractivity contribution in [3.05, 3.63) is 125 Å². The van der Waals surface area contributed by atoms with E-state index in [1.807, 2.05) is 91.0 Å². The molecule has 0 saturated carbocycles. The fraction of sp³-hybridized carbons (Fsp3) is 0.107. The molecule has 5 nitrogen and oxygen atoms in total. The van der Waals surface area contributed by atoms with Gasteiger partial charge in [-0.2, -0.15) is 0 Å². The summed E-state index contributed by atoms with van der Waals surface area (Å²) in [6.07, 6.45) is 0. The number of carbonyl (C=O) groups is 1. The molecule has 0 heterocycles. The topological polar surface area (TPSA) is 67.8 Å². The zero-order valence-corrected chi connectivity index (χ0v) is 22.1. The summed E-state index contributed by atoms with van der Waals surface area (Å²) in [5, 5.41) is 11.7. The van der Waals surface area contributed by atoms with Crippen molar-refractivity contribution in [2.75, 3.05) is 0 Å². The fourth-order valence-corrected chi connectivity index (χ4v) is 3.25. The maximum absolute atomic E-state index is 11.7. The minimum Gasteiger partial charge on any atom is -0.545 e. The molecule has 0 spiro atoms. The van der Waals surface area contributed by atoms with Crippen LogP contribution in [0.25, 0.3) is 0 Å². The van der Waals surface area contributed by atoms with Gasteiger partial charge in [0.15, 0.2) is 11.5 Å². The molecule has 4 aromatic rings. The van der Waals surface area contributed by atoms with Crippen molar-refractivity contribution in [1.82, 2.24) is 0 Å². The van der Waals surface area contributed by atoms with Gasteiger partial charge in [-0.05, 0) is 28.8 Å². The van der Waals surface area contributed by atoms with Crippen molar-refractivity contribution in [1.29, 1.82) is 0 Å². The molecule has 0 saturated heterocycles. The Morgan fingerprint density at radius 1 is 0.588 bits per heavy atom. The molecule has 0 fully saturated rings. The van der Waals surface area contributed by atoms with Crippen LogP contribution in [0.1, 0.15) is 27.0 Å². The van der Waals surface area contributed by atoms with E-state index in [9.17, 15) is 9.90 Å². The minimum absolute atomic E-state index is 0. The summed E-state index contributed by atoms with van der Waals surface area (Å²) in [6.45, 7) is 0.767. The van der Waals surface area contributed by atoms with E-state index in [0.29, 0.717) is 5.75 Å². The Bertz CT molecular complexity index is 1120. The Balaban J connectivity index is 0.00000324. The third kappa shape index (κ3) is 7.45. The van der Waals surface area contributed by atoms with E-state index in [1.54, 1.807) is 0 Å². The average Bonchev–Trinajstić information content (AvgIpc) is 2.87. The number of carboxylic acids is 1. The van der Waals surface area contributed by atoms with Crippen molar-refractivity contribution in [3.63, 3.8) is 0 Å². The largest absolute Gasteiger partial charge is 1.00 e. The van der Waals surface area contributed by atoms with Gasteiger partial charge in [-0.25, -0.2) is 0 Å². The van der Waals surface area contributed by atoms with Gasteiger partial charge in [0.25, 0.3) is 0 Å². The third-order valence-corrected chi connectivity index (χ3v) is 4.96.